The van der Waals surface area contributed by atoms with Crippen molar-refractivity contribution in [3.05, 3.63) is 286 Å². The summed E-state index contributed by atoms with van der Waals surface area (Å²) in [7, 11) is -6.60. The Morgan fingerprint density at radius 2 is 0.824 bits per heavy atom. The minimum Gasteiger partial charge on any atom is -0.381 e. The average Bonchev–Trinajstić information content (AvgIpc) is 1.49. The van der Waals surface area contributed by atoms with E-state index in [0.29, 0.717) is 25.2 Å². The predicted molar refractivity (Wildman–Crippen MR) is 529 cm³/mol. The van der Waals surface area contributed by atoms with Crippen LogP contribution in [0.5, 0.6) is 0 Å². The summed E-state index contributed by atoms with van der Waals surface area (Å²) in [5.74, 6) is 0. The number of benzene rings is 12. The number of nitrogens with one attached hydrogen (secondary N) is 3. The van der Waals surface area contributed by atoms with Crippen molar-refractivity contribution in [1.29, 1.82) is 0 Å². The Kier molecular flexibility index (Phi) is 24.1. The van der Waals surface area contributed by atoms with E-state index in [9.17, 15) is 47.7 Å². The molecule has 0 amide bonds. The molecule has 142 heavy (non-hydrogen) atoms. The van der Waals surface area contributed by atoms with Crippen molar-refractivity contribution in [3.8, 4) is 39.5 Å². The van der Waals surface area contributed by atoms with Crippen LogP contribution in [0.1, 0.15) is 70.9 Å². The maximum absolute atomic E-state index is 13.4. The molecule has 39 nitrogen and oxygen atoms in total. The molecule has 0 radical (unpaired) electrons. The first kappa shape index (κ1) is 93.9. The van der Waals surface area contributed by atoms with Crippen molar-refractivity contribution in [3.63, 3.8) is 0 Å². The molecule has 6 aromatic heterocycles. The number of fused-ring (bicyclic) bond motifs is 6. The number of H-pyrrole nitrogens is 3. The van der Waals surface area contributed by atoms with Crippen LogP contribution in [-0.2, 0) is 78.2 Å². The third-order valence-corrected chi connectivity index (χ3v) is 30.9. The molecule has 6 bridgehead atoms. The third kappa shape index (κ3) is 16.5. The molecule has 12 aromatic carbocycles. The molecule has 728 valence electrons. The van der Waals surface area contributed by atoms with Crippen LogP contribution in [-0.4, -0.2) is 227 Å². The Bertz CT molecular complexity index is 8480. The molecule has 18 aromatic rings. The molecule has 6 fully saturated rings. The van der Waals surface area contributed by atoms with Crippen molar-refractivity contribution in [2.45, 2.75) is 138 Å². The van der Waals surface area contributed by atoms with Crippen LogP contribution >= 0.6 is 23.7 Å². The average molecular weight is 1980 g/mol. The van der Waals surface area contributed by atoms with Crippen LogP contribution < -0.4 is 33.7 Å². The molecule has 42 heteroatoms. The number of methoxy groups -OCH3 is 2. The number of nitrogens with zero attached hydrogens (tertiary/aromatic N) is 14. The van der Waals surface area contributed by atoms with E-state index < -0.39 is 130 Å². The minimum atomic E-state index is -3.96. The van der Waals surface area contributed by atoms with Gasteiger partial charge in [-0.2, -0.15) is 0 Å². The van der Waals surface area contributed by atoms with Crippen LogP contribution in [0, 0.1) is 6.57 Å². The van der Waals surface area contributed by atoms with E-state index in [4.69, 9.17) is 62.6 Å². The van der Waals surface area contributed by atoms with Crippen LogP contribution in [0.3, 0.4) is 0 Å². The molecule has 0 saturated carbocycles. The first-order valence-corrected chi connectivity index (χ1v) is 51.4. The smallest absolute Gasteiger partial charge is 0.330 e. The van der Waals surface area contributed by atoms with E-state index in [0.717, 1.165) is 78.6 Å². The molecule has 12 heterocycles. The highest BCUT2D eigenvalue weighted by atomic mass is 31.2. The van der Waals surface area contributed by atoms with E-state index in [-0.39, 0.29) is 86.3 Å². The van der Waals surface area contributed by atoms with Crippen molar-refractivity contribution in [2.75, 3.05) is 73.7 Å². The normalized spacial score (nSPS) is 23.5. The fraction of sp³-hybridized carbons (Fsp3) is 0.330. The number of ether oxygens (including phenoxy) is 8. The molecular weight excluding hydrogens is 1880 g/mol. The Balaban J connectivity index is 0.000000123. The van der Waals surface area contributed by atoms with Crippen LogP contribution in [0.2, 0.25) is 0 Å². The highest BCUT2D eigenvalue weighted by Gasteiger charge is 2.67. The Hall–Kier alpha value is -13.0. The van der Waals surface area contributed by atoms with Crippen LogP contribution in [0.15, 0.2) is 230 Å². The van der Waals surface area contributed by atoms with E-state index in [1.807, 2.05) is 25.1 Å². The number of aromatic amines is 3. The van der Waals surface area contributed by atoms with Gasteiger partial charge in [0.25, 0.3) is 25.2 Å². The van der Waals surface area contributed by atoms with Crippen molar-refractivity contribution < 1.29 is 74.9 Å². The lowest BCUT2D eigenvalue weighted by molar-refractivity contribution is -0.190. The Morgan fingerprint density at radius 1 is 0.472 bits per heavy atom. The molecule has 6 saturated heterocycles. The van der Waals surface area contributed by atoms with Gasteiger partial charge in [0, 0.05) is 63.6 Å². The Labute approximate surface area is 807 Å². The summed E-state index contributed by atoms with van der Waals surface area (Å²) in [5, 5.41) is 46.7. The highest BCUT2D eigenvalue weighted by Crippen LogP contribution is 2.58. The maximum Gasteiger partial charge on any atom is 0.330 e. The molecule has 0 spiro atoms. The summed E-state index contributed by atoms with van der Waals surface area (Å²) < 4.78 is 107. The van der Waals surface area contributed by atoms with Crippen LogP contribution in [0.4, 0.5) is 0 Å². The van der Waals surface area contributed by atoms with Gasteiger partial charge in [-0.3, -0.25) is 61.2 Å². The van der Waals surface area contributed by atoms with Crippen molar-refractivity contribution in [2.24, 2.45) is 0 Å². The van der Waals surface area contributed by atoms with Gasteiger partial charge in [-0.1, -0.05) is 180 Å². The number of hydrogen-bond acceptors (Lipinski definition) is 27. The van der Waals surface area contributed by atoms with E-state index in [1.165, 1.54) is 95.0 Å². The van der Waals surface area contributed by atoms with E-state index >= 15 is 0 Å². The first-order valence-electron chi connectivity index (χ1n) is 46.2. The van der Waals surface area contributed by atoms with Crippen molar-refractivity contribution in [1.82, 2.24) is 78.3 Å². The summed E-state index contributed by atoms with van der Waals surface area (Å²) in [5.41, 5.74) is -3.32. The summed E-state index contributed by atoms with van der Waals surface area (Å²) in [6.07, 6.45) is 1.62. The molecular formula is C100H96N17O22P3. The lowest BCUT2D eigenvalue weighted by Gasteiger charge is -2.38. The van der Waals surface area contributed by atoms with Gasteiger partial charge < -0.3 is 61.6 Å². The number of hydrogen-bond donors (Lipinski definition) is 5. The summed E-state index contributed by atoms with van der Waals surface area (Å²) in [6.45, 7) is 21.3. The van der Waals surface area contributed by atoms with Crippen LogP contribution in [0.25, 0.3) is 141 Å². The molecule has 0 aliphatic carbocycles. The zero-order valence-corrected chi connectivity index (χ0v) is 80.8. The maximum atomic E-state index is 13.4. The molecule has 6 aliphatic rings. The fourth-order valence-corrected chi connectivity index (χ4v) is 24.6. The van der Waals surface area contributed by atoms with Gasteiger partial charge in [0.15, 0.2) is 18.7 Å². The second-order valence-corrected chi connectivity index (χ2v) is 42.4. The second-order valence-electron chi connectivity index (χ2n) is 37.4. The summed E-state index contributed by atoms with van der Waals surface area (Å²) >= 11 is 0. The lowest BCUT2D eigenvalue weighted by atomic mass is 9.92. The monoisotopic (exact) mass is 1980 g/mol. The first-order chi connectivity index (χ1) is 68.4. The van der Waals surface area contributed by atoms with Gasteiger partial charge in [0.05, 0.1) is 87.1 Å². The zero-order chi connectivity index (χ0) is 98.5. The molecule has 5 N–H and O–H groups in total. The van der Waals surface area contributed by atoms with Gasteiger partial charge >= 0.3 is 32.3 Å². The Morgan fingerprint density at radius 3 is 1.22 bits per heavy atom. The van der Waals surface area contributed by atoms with Gasteiger partial charge in [0.2, 0.25) is 6.54 Å². The summed E-state index contributed by atoms with van der Waals surface area (Å²) in [4.78, 5) is 109. The topological polar surface area (TPSA) is 450 Å². The third-order valence-electron chi connectivity index (χ3n) is 27.5. The van der Waals surface area contributed by atoms with Gasteiger partial charge in [0.1, 0.15) is 77.1 Å². The summed E-state index contributed by atoms with van der Waals surface area (Å²) in [6, 6.07) is 56.9. The van der Waals surface area contributed by atoms with Gasteiger partial charge in [-0.05, 0) is 143 Å². The predicted octanol–water partition coefficient (Wildman–Crippen LogP) is 12.9. The molecule has 24 rings (SSSR count). The highest BCUT2D eigenvalue weighted by molar-refractivity contribution is 7.52. The second kappa shape index (κ2) is 36.4. The van der Waals surface area contributed by atoms with Crippen molar-refractivity contribution >= 4 is 121 Å². The molecule has 6 aliphatic heterocycles. The fourth-order valence-electron chi connectivity index (χ4n) is 21.4. The molecule has 6 unspecified atom stereocenters. The quantitative estimate of drug-likeness (QED) is 0.0132. The van der Waals surface area contributed by atoms with E-state index in [2.05, 4.69) is 229 Å². The largest absolute Gasteiger partial charge is 0.381 e. The number of aromatic nitrogens is 15. The lowest BCUT2D eigenvalue weighted by Crippen LogP contribution is -2.46. The molecule has 15 atom stereocenters. The van der Waals surface area contributed by atoms with E-state index in [1.54, 1.807) is 32.6 Å². The zero-order valence-electron chi connectivity index (χ0n) is 78.1. The standard InChI is InChI=1S/C39H42N7O6P.C31H28N5O8P.C30H26N5O8P/c1-7-39-22-49-34(35(39)52-53(50-18-17-40-6)46(23(2)3)24(4)5)37(51-39)45-20-30(36(47)41-38(45)48)31-21-44(43-42-31)19-28-14-13-27-12-11-25-9-8-10-26-15-16-29(28)33(27)32(25)26;1-41-15-31-16-42-26(27(31)44-45(2,39)40)29(43-31)36-13-22(28(37)32-30(36)38)23-14-35(34-33-23)12-20-9-8-19-7-6-17-4-3-5-18-10-11-21(20)25(19)24(17)18;1-40-14-30-15-41-25(26(30)43-44(2,38)39)28(42-30)34-12-20(27(36)31-29(34)37)21-13-35(33-32-21)22-11-9-18-7-6-16-4-3-5-17-8-10-19(22)24(18)23(16)17/h8-16,20-21,23-24,34-35,37H,7,17-19,22H2,1-5H3,(H,41,47,48);3-11,13-14,26-27,29H,12,15-16H2,1-2H3,(H,39,40)(H,32,37,38);3-13,25-26,28H,14-15H2,1-2H3,(H,38,39)(H,31,36,37)/t34?,35-,37-,39+,53?;26?,27-,29-,31+;25?,26-,28-,30+/m111/s1. The minimum absolute atomic E-state index is 0.00694. The van der Waals surface area contributed by atoms with Gasteiger partial charge in [-0.15, -0.1) is 15.3 Å². The SMILES string of the molecule is COC[C@@]12COC([C@H](n3cc(-c4cn(-c5ccc6ccc7cccc8ccc5c6c78)nn4)c(=O)[nH]c3=O)O1)[C@H]2OP(C)(=O)O.COC[C@@]12COC([C@H](n3cc(-c4cn(Cc5ccc6ccc7cccc8ccc5c6c78)nn4)c(=O)[nH]c3=O)O1)[C@H]2OP(C)(=O)O.[C-]#[N+]CCOP(O[C@@H]1C2OC[C@]1(CC)O[C@H]2n1cc(-c2cn(Cc3ccc4ccc5cccc6ccc3c4c56)nn2)c(=O)[nH]c1=O)N(C(C)C)C(C)C. The number of rotatable bonds is 28. The van der Waals surface area contributed by atoms with Gasteiger partial charge in [-0.25, -0.2) is 39.7 Å².